The summed E-state index contributed by atoms with van der Waals surface area (Å²) in [5, 5.41) is 36.6. The van der Waals surface area contributed by atoms with E-state index in [-0.39, 0.29) is 36.1 Å². The lowest BCUT2D eigenvalue weighted by molar-refractivity contribution is -0.384. The number of rotatable bonds is 12. The first-order chi connectivity index (χ1) is 21.1. The summed E-state index contributed by atoms with van der Waals surface area (Å²) in [4.78, 5) is 27.6. The molecule has 2 aliphatic heterocycles. The van der Waals surface area contributed by atoms with E-state index in [1.54, 1.807) is 12.1 Å². The van der Waals surface area contributed by atoms with E-state index in [1.807, 2.05) is 18.2 Å². The highest BCUT2D eigenvalue weighted by atomic mass is 31.2. The first-order valence-electron chi connectivity index (χ1n) is 13.6. The molecule has 4 N–H and O–H groups in total. The van der Waals surface area contributed by atoms with Gasteiger partial charge in [0, 0.05) is 18.7 Å². The molecule has 3 aromatic rings. The van der Waals surface area contributed by atoms with Crippen LogP contribution in [0.4, 0.5) is 5.69 Å². The number of nitrogens with two attached hydrogens (primary N) is 1. The van der Waals surface area contributed by atoms with Gasteiger partial charge in [-0.15, -0.1) is 5.10 Å². The molecule has 1 unspecified atom stereocenters. The summed E-state index contributed by atoms with van der Waals surface area (Å²) in [6.45, 7) is 3.16. The number of aromatic nitrogens is 3. The Bertz CT molecular complexity index is 1540. The zero-order valence-electron chi connectivity index (χ0n) is 23.3. The van der Waals surface area contributed by atoms with Crippen LogP contribution >= 0.6 is 7.75 Å². The van der Waals surface area contributed by atoms with Crippen LogP contribution in [0.5, 0.6) is 5.75 Å². The van der Waals surface area contributed by atoms with Gasteiger partial charge in [0.2, 0.25) is 0 Å². The molecule has 0 bridgehead atoms. The van der Waals surface area contributed by atoms with Crippen molar-refractivity contribution in [1.29, 1.82) is 0 Å². The quantitative estimate of drug-likeness (QED) is 0.113. The van der Waals surface area contributed by atoms with Crippen molar-refractivity contribution in [1.82, 2.24) is 19.4 Å². The monoisotopic (exact) mass is 630 g/mol. The Labute approximate surface area is 251 Å². The Morgan fingerprint density at radius 2 is 1.91 bits per heavy atom. The molecule has 17 heteroatoms. The minimum absolute atomic E-state index is 0.00126. The minimum Gasteiger partial charge on any atom is -0.460 e. The van der Waals surface area contributed by atoms with E-state index >= 15 is 0 Å². The summed E-state index contributed by atoms with van der Waals surface area (Å²) in [7, 11) is -4.41. The minimum atomic E-state index is -4.41. The number of benzene rings is 2. The first kappa shape index (κ1) is 31.3. The van der Waals surface area contributed by atoms with Crippen LogP contribution < -0.4 is 10.3 Å². The molecule has 1 aromatic heterocycles. The number of non-ortho nitro benzene ring substituents is 1. The number of hydrogen-bond donors (Lipinski definition) is 3. The van der Waals surface area contributed by atoms with Gasteiger partial charge in [-0.1, -0.05) is 36.9 Å². The predicted octanol–water partition coefficient (Wildman–Crippen LogP) is 2.15. The Morgan fingerprint density at radius 1 is 1.18 bits per heavy atom. The topological polar surface area (TPSA) is 215 Å². The lowest BCUT2D eigenvalue weighted by Crippen LogP contribution is -2.38. The van der Waals surface area contributed by atoms with Crippen LogP contribution in [-0.2, 0) is 30.0 Å². The zero-order valence-corrected chi connectivity index (χ0v) is 24.2. The molecule has 0 spiro atoms. The van der Waals surface area contributed by atoms with Crippen LogP contribution in [-0.4, -0.2) is 78.0 Å². The van der Waals surface area contributed by atoms with Gasteiger partial charge < -0.3 is 29.9 Å². The molecule has 0 radical (unpaired) electrons. The lowest BCUT2D eigenvalue weighted by Gasteiger charge is -2.31. The highest BCUT2D eigenvalue weighted by Gasteiger charge is 2.50. The second-order valence-electron chi connectivity index (χ2n) is 10.1. The Morgan fingerprint density at radius 3 is 2.57 bits per heavy atom. The molecule has 16 nitrogen and oxygen atoms in total. The third kappa shape index (κ3) is 6.80. The lowest BCUT2D eigenvalue weighted by atomic mass is 10.1. The number of ether oxygens (including phenoxy) is 2. The molecule has 44 heavy (non-hydrogen) atoms. The average molecular weight is 631 g/mol. The number of hydrogen-bond acceptors (Lipinski definition) is 13. The molecule has 3 heterocycles. The summed E-state index contributed by atoms with van der Waals surface area (Å²) in [6, 6.07) is 12.9. The smallest absolute Gasteiger partial charge is 0.460 e. The predicted molar refractivity (Wildman–Crippen MR) is 152 cm³/mol. The third-order valence-electron chi connectivity index (χ3n) is 7.10. The average Bonchev–Trinajstić information content (AvgIpc) is 3.77. The van der Waals surface area contributed by atoms with Gasteiger partial charge in [-0.3, -0.25) is 19.4 Å². The fourth-order valence-electron chi connectivity index (χ4n) is 4.82. The van der Waals surface area contributed by atoms with Crippen molar-refractivity contribution in [2.24, 2.45) is 5.73 Å². The molecule has 2 aromatic carbocycles. The summed E-state index contributed by atoms with van der Waals surface area (Å²) in [6.07, 6.45) is -3.33. The summed E-state index contributed by atoms with van der Waals surface area (Å²) >= 11 is 0. The van der Waals surface area contributed by atoms with Crippen molar-refractivity contribution in [2.75, 3.05) is 13.2 Å². The first-order valence-corrected chi connectivity index (χ1v) is 15.1. The largest absolute Gasteiger partial charge is 0.462 e. The van der Waals surface area contributed by atoms with Crippen molar-refractivity contribution in [3.05, 3.63) is 89.0 Å². The summed E-state index contributed by atoms with van der Waals surface area (Å²) in [5.41, 5.74) is 6.25. The second-order valence-corrected chi connectivity index (χ2v) is 12.0. The van der Waals surface area contributed by atoms with Gasteiger partial charge in [0.1, 0.15) is 43.0 Å². The number of nitrogens with zero attached hydrogens (tertiary/aromatic N) is 5. The van der Waals surface area contributed by atoms with Crippen LogP contribution in [0.15, 0.2) is 67.5 Å². The van der Waals surface area contributed by atoms with Crippen molar-refractivity contribution in [2.45, 2.75) is 50.0 Å². The molecule has 6 atom stereocenters. The molecule has 2 aliphatic rings. The van der Waals surface area contributed by atoms with Crippen LogP contribution in [0, 0.1) is 10.1 Å². The van der Waals surface area contributed by atoms with E-state index in [2.05, 4.69) is 16.7 Å². The fraction of sp³-hybridized carbons (Fsp3) is 0.370. The van der Waals surface area contributed by atoms with E-state index in [0.29, 0.717) is 12.8 Å². The maximum Gasteiger partial charge on any atom is 0.462 e. The van der Waals surface area contributed by atoms with Gasteiger partial charge in [-0.2, -0.15) is 4.67 Å². The number of nitro benzene ring substituents is 1. The molecule has 0 amide bonds. The molecule has 5 rings (SSSR count). The van der Waals surface area contributed by atoms with Gasteiger partial charge in [0.05, 0.1) is 17.2 Å². The molecular formula is C27H31N6O10P. The highest BCUT2D eigenvalue weighted by molar-refractivity contribution is 7.51. The number of esters is 1. The van der Waals surface area contributed by atoms with Gasteiger partial charge in [-0.05, 0) is 30.5 Å². The Hall–Kier alpha value is -4.18. The number of carbonyl (C=O) groups is 1. The number of nitro groups is 1. The van der Waals surface area contributed by atoms with Crippen molar-refractivity contribution in [3.63, 3.8) is 0 Å². The van der Waals surface area contributed by atoms with E-state index in [9.17, 15) is 29.7 Å². The van der Waals surface area contributed by atoms with Crippen LogP contribution in [0.3, 0.4) is 0 Å². The van der Waals surface area contributed by atoms with Gasteiger partial charge in [-0.25, -0.2) is 14.2 Å². The molecule has 2 saturated heterocycles. The Balaban J connectivity index is 1.34. The molecular weight excluding hydrogens is 599 g/mol. The van der Waals surface area contributed by atoms with Crippen LogP contribution in [0.2, 0.25) is 0 Å². The standard InChI is InChI=1S/C27H31N6O10P/c1-17(28)25-29-16-31(30-25)26-24(35)23(34)22(42-26)15-41-44(39,43-20-11-9-19(10-12-20)33(37)38)32-13-5-8-21(32)27(36)40-14-18-6-3-2-4-7-18/h2-4,6-7,9-12,16,21-24,26,34-35H,1,5,8,13-15,28H2/t21-,22+,23+,24+,26+,44?/m0/s1. The normalized spacial score (nSPS) is 24.9. The Kier molecular flexibility index (Phi) is 9.39. The summed E-state index contributed by atoms with van der Waals surface area (Å²) in [5.74, 6) is -0.556. The number of aliphatic hydroxyl groups excluding tert-OH is 2. The van der Waals surface area contributed by atoms with Crippen molar-refractivity contribution < 1.29 is 43.0 Å². The third-order valence-corrected chi connectivity index (χ3v) is 9.12. The van der Waals surface area contributed by atoms with E-state index in [0.717, 1.165) is 10.2 Å². The van der Waals surface area contributed by atoms with Gasteiger partial charge in [0.25, 0.3) is 5.69 Å². The van der Waals surface area contributed by atoms with Crippen molar-refractivity contribution >= 4 is 25.1 Å². The van der Waals surface area contributed by atoms with Gasteiger partial charge >= 0.3 is 13.7 Å². The molecule has 234 valence electrons. The fourth-order valence-corrected chi connectivity index (χ4v) is 6.79. The summed E-state index contributed by atoms with van der Waals surface area (Å²) < 4.78 is 39.8. The number of aliphatic hydroxyl groups is 2. The molecule has 0 aliphatic carbocycles. The molecule has 2 fully saturated rings. The van der Waals surface area contributed by atoms with Gasteiger partial charge in [0.15, 0.2) is 12.1 Å². The van der Waals surface area contributed by atoms with Crippen molar-refractivity contribution in [3.8, 4) is 5.75 Å². The zero-order chi connectivity index (χ0) is 31.4. The van der Waals surface area contributed by atoms with E-state index in [1.165, 1.54) is 35.3 Å². The van der Waals surface area contributed by atoms with Crippen LogP contribution in [0.25, 0.3) is 5.70 Å². The maximum absolute atomic E-state index is 14.5. The van der Waals surface area contributed by atoms with E-state index < -0.39 is 55.8 Å². The van der Waals surface area contributed by atoms with Crippen LogP contribution in [0.1, 0.15) is 30.5 Å². The highest BCUT2D eigenvalue weighted by Crippen LogP contribution is 2.56. The molecule has 0 saturated carbocycles. The van der Waals surface area contributed by atoms with E-state index in [4.69, 9.17) is 24.3 Å². The SMILES string of the molecule is C=C(N)c1ncn([C@@H]2O[C@H](COP(=O)(Oc3ccc([N+](=O)[O-])cc3)N3CCC[C@H]3C(=O)OCc3ccccc3)[C@@H](O)[C@H]2O)n1. The number of carbonyl (C=O) groups excluding carboxylic acids is 1. The second kappa shape index (κ2) is 13.2. The maximum atomic E-state index is 14.5.